The second-order valence-electron chi connectivity index (χ2n) is 5.16. The van der Waals surface area contributed by atoms with Gasteiger partial charge in [0.1, 0.15) is 16.8 Å². The fourth-order valence-corrected chi connectivity index (χ4v) is 1.70. The van der Waals surface area contributed by atoms with Gasteiger partial charge in [-0.3, -0.25) is 0 Å². The monoisotopic (exact) mass is 255 g/mol. The highest BCUT2D eigenvalue weighted by atomic mass is 35.5. The molecule has 0 saturated heterocycles. The molecule has 1 heterocycles. The highest BCUT2D eigenvalue weighted by molar-refractivity contribution is 6.29. The van der Waals surface area contributed by atoms with Gasteiger partial charge in [-0.15, -0.1) is 0 Å². The maximum Gasteiger partial charge on any atom is 0.135 e. The van der Waals surface area contributed by atoms with E-state index < -0.39 is 0 Å². The molecule has 1 unspecified atom stereocenters. The molecule has 0 fully saturated rings. The summed E-state index contributed by atoms with van der Waals surface area (Å²) in [4.78, 5) is 11.0. The molecule has 0 N–H and O–H groups in total. The van der Waals surface area contributed by atoms with E-state index in [1.165, 1.54) is 0 Å². The molecule has 96 valence electrons. The maximum atomic E-state index is 6.04. The van der Waals surface area contributed by atoms with Gasteiger partial charge in [0, 0.05) is 25.1 Å². The zero-order valence-electron chi connectivity index (χ0n) is 11.5. The van der Waals surface area contributed by atoms with Crippen LogP contribution in [0.15, 0.2) is 6.07 Å². The Labute approximate surface area is 109 Å². The topological polar surface area (TPSA) is 29.0 Å². The third-order valence-electron chi connectivity index (χ3n) is 3.15. The normalized spacial score (nSPS) is 13.2. The Kier molecular flexibility index (Phi) is 4.75. The number of hydrogen-bond acceptors (Lipinski definition) is 3. The number of hydrogen-bond donors (Lipinski definition) is 0. The van der Waals surface area contributed by atoms with Crippen LogP contribution in [0.5, 0.6) is 0 Å². The third kappa shape index (κ3) is 3.56. The molecule has 1 aromatic rings. The molecule has 0 amide bonds. The summed E-state index contributed by atoms with van der Waals surface area (Å²) in [6.45, 7) is 10.7. The van der Waals surface area contributed by atoms with Crippen LogP contribution in [-0.4, -0.2) is 23.1 Å². The molecule has 0 aliphatic heterocycles. The molecule has 0 radical (unpaired) electrons. The second-order valence-corrected chi connectivity index (χ2v) is 5.54. The van der Waals surface area contributed by atoms with E-state index in [4.69, 9.17) is 11.6 Å². The van der Waals surface area contributed by atoms with E-state index >= 15 is 0 Å². The quantitative estimate of drug-likeness (QED) is 0.768. The van der Waals surface area contributed by atoms with Crippen molar-refractivity contribution in [1.29, 1.82) is 0 Å². The summed E-state index contributed by atoms with van der Waals surface area (Å²) in [5.41, 5.74) is 0. The van der Waals surface area contributed by atoms with Crippen molar-refractivity contribution in [1.82, 2.24) is 9.97 Å². The van der Waals surface area contributed by atoms with Gasteiger partial charge in [0.25, 0.3) is 0 Å². The van der Waals surface area contributed by atoms with Gasteiger partial charge in [-0.2, -0.15) is 0 Å². The average molecular weight is 256 g/mol. The number of rotatable bonds is 4. The molecule has 1 rings (SSSR count). The van der Waals surface area contributed by atoms with Gasteiger partial charge < -0.3 is 4.90 Å². The molecule has 0 bridgehead atoms. The first kappa shape index (κ1) is 14.2. The molecular formula is C13H22ClN3. The van der Waals surface area contributed by atoms with E-state index in [0.717, 1.165) is 11.6 Å². The molecule has 1 aromatic heterocycles. The smallest absolute Gasteiger partial charge is 0.135 e. The first-order valence-electron chi connectivity index (χ1n) is 6.10. The van der Waals surface area contributed by atoms with Crippen LogP contribution in [0.3, 0.4) is 0 Å². The predicted octanol–water partition coefficient (Wildman–Crippen LogP) is 3.73. The van der Waals surface area contributed by atoms with E-state index in [1.54, 1.807) is 0 Å². The number of nitrogens with zero attached hydrogens (tertiary/aromatic N) is 3. The van der Waals surface area contributed by atoms with Crippen molar-refractivity contribution >= 4 is 17.4 Å². The Morgan fingerprint density at radius 2 is 1.71 bits per heavy atom. The lowest BCUT2D eigenvalue weighted by molar-refractivity contribution is 0.501. The third-order valence-corrected chi connectivity index (χ3v) is 3.35. The summed E-state index contributed by atoms with van der Waals surface area (Å²) in [5, 5.41) is 0.515. The Balaban J connectivity index is 3.05. The Bertz CT molecular complexity index is 377. The molecule has 17 heavy (non-hydrogen) atoms. The minimum atomic E-state index is 0.287. The first-order valence-corrected chi connectivity index (χ1v) is 6.48. The summed E-state index contributed by atoms with van der Waals surface area (Å²) in [6, 6.07) is 2.24. The number of aromatic nitrogens is 2. The minimum absolute atomic E-state index is 0.287. The van der Waals surface area contributed by atoms with Gasteiger partial charge in [-0.05, 0) is 12.8 Å². The van der Waals surface area contributed by atoms with Crippen LogP contribution >= 0.6 is 11.6 Å². The van der Waals surface area contributed by atoms with Crippen LogP contribution in [0.1, 0.15) is 46.4 Å². The van der Waals surface area contributed by atoms with Crippen molar-refractivity contribution in [3.63, 3.8) is 0 Å². The van der Waals surface area contributed by atoms with E-state index in [0.29, 0.717) is 17.1 Å². The lowest BCUT2D eigenvalue weighted by Gasteiger charge is -2.29. The molecule has 0 saturated carbocycles. The van der Waals surface area contributed by atoms with Crippen molar-refractivity contribution in [3.05, 3.63) is 17.0 Å². The van der Waals surface area contributed by atoms with E-state index in [9.17, 15) is 0 Å². The van der Waals surface area contributed by atoms with Gasteiger partial charge in [0.15, 0.2) is 0 Å². The Morgan fingerprint density at radius 3 is 2.18 bits per heavy atom. The Morgan fingerprint density at radius 1 is 1.12 bits per heavy atom. The van der Waals surface area contributed by atoms with Gasteiger partial charge in [-0.25, -0.2) is 9.97 Å². The largest absolute Gasteiger partial charge is 0.357 e. The van der Waals surface area contributed by atoms with Crippen LogP contribution in [0.4, 0.5) is 5.82 Å². The molecule has 0 aliphatic rings. The van der Waals surface area contributed by atoms with Crippen molar-refractivity contribution < 1.29 is 0 Å². The van der Waals surface area contributed by atoms with Crippen LogP contribution in [0.2, 0.25) is 5.15 Å². The number of anilines is 1. The van der Waals surface area contributed by atoms with Crippen LogP contribution in [-0.2, 0) is 0 Å². The highest BCUT2D eigenvalue weighted by Gasteiger charge is 2.17. The van der Waals surface area contributed by atoms with Gasteiger partial charge >= 0.3 is 0 Å². The molecule has 0 aliphatic carbocycles. The predicted molar refractivity (Wildman–Crippen MR) is 73.8 cm³/mol. The van der Waals surface area contributed by atoms with Crippen LogP contribution < -0.4 is 4.90 Å². The van der Waals surface area contributed by atoms with Crippen LogP contribution in [0, 0.1) is 5.92 Å². The molecule has 0 spiro atoms. The number of halogens is 1. The lowest BCUT2D eigenvalue weighted by atomic mass is 10.1. The van der Waals surface area contributed by atoms with E-state index in [1.807, 2.05) is 13.1 Å². The fourth-order valence-electron chi connectivity index (χ4n) is 1.52. The maximum absolute atomic E-state index is 6.04. The molecule has 1 atom stereocenters. The summed E-state index contributed by atoms with van der Waals surface area (Å²) in [5.74, 6) is 2.55. The molecule has 3 nitrogen and oxygen atoms in total. The molecule has 4 heteroatoms. The van der Waals surface area contributed by atoms with Crippen LogP contribution in [0.25, 0.3) is 0 Å². The van der Waals surface area contributed by atoms with Gasteiger partial charge in [-0.1, -0.05) is 39.3 Å². The fraction of sp³-hybridized carbons (Fsp3) is 0.692. The molecular weight excluding hydrogens is 234 g/mol. The zero-order chi connectivity index (χ0) is 13.2. The summed E-state index contributed by atoms with van der Waals surface area (Å²) < 4.78 is 0. The summed E-state index contributed by atoms with van der Waals surface area (Å²) >= 11 is 6.04. The van der Waals surface area contributed by atoms with Gasteiger partial charge in [0.2, 0.25) is 0 Å². The SMILES string of the molecule is CC(C)c1nc(Cl)cc(N(C)C(C)C(C)C)n1. The first-order chi connectivity index (χ1) is 7.82. The second kappa shape index (κ2) is 5.67. The van der Waals surface area contributed by atoms with Crippen molar-refractivity contribution in [2.75, 3.05) is 11.9 Å². The minimum Gasteiger partial charge on any atom is -0.357 e. The highest BCUT2D eigenvalue weighted by Crippen LogP contribution is 2.22. The average Bonchev–Trinajstić information content (AvgIpc) is 2.25. The zero-order valence-corrected chi connectivity index (χ0v) is 12.3. The summed E-state index contributed by atoms with van der Waals surface area (Å²) in [7, 11) is 2.05. The van der Waals surface area contributed by atoms with E-state index in [-0.39, 0.29) is 5.92 Å². The lowest BCUT2D eigenvalue weighted by Crippen LogP contribution is -2.34. The summed E-state index contributed by atoms with van der Waals surface area (Å²) in [6.07, 6.45) is 0. The Hall–Kier alpha value is -0.830. The van der Waals surface area contributed by atoms with Crippen molar-refractivity contribution in [2.45, 2.75) is 46.6 Å². The van der Waals surface area contributed by atoms with E-state index in [2.05, 4.69) is 49.5 Å². The van der Waals surface area contributed by atoms with Gasteiger partial charge in [0.05, 0.1) is 0 Å². The van der Waals surface area contributed by atoms with Crippen molar-refractivity contribution in [2.24, 2.45) is 5.92 Å². The van der Waals surface area contributed by atoms with Crippen molar-refractivity contribution in [3.8, 4) is 0 Å². The standard InChI is InChI=1S/C13H22ClN3/c1-8(2)10(5)17(6)12-7-11(14)15-13(16-12)9(3)4/h7-10H,1-6H3. The molecule has 0 aromatic carbocycles.